The molecule has 0 atom stereocenters. The van der Waals surface area contributed by atoms with Gasteiger partial charge in [0.1, 0.15) is 5.60 Å². The molecule has 7 nitrogen and oxygen atoms in total. The minimum Gasteiger partial charge on any atom is -0.444 e. The summed E-state index contributed by atoms with van der Waals surface area (Å²) in [6.07, 6.45) is 7.10. The first-order valence-corrected chi connectivity index (χ1v) is 13.3. The molecular formula is C30H40N4O3. The summed E-state index contributed by atoms with van der Waals surface area (Å²) in [4.78, 5) is 18.7. The van der Waals surface area contributed by atoms with Crippen molar-refractivity contribution in [1.29, 1.82) is 0 Å². The van der Waals surface area contributed by atoms with E-state index in [-0.39, 0.29) is 6.09 Å². The number of rotatable bonds is 6. The largest absolute Gasteiger partial charge is 0.444 e. The van der Waals surface area contributed by atoms with E-state index in [1.807, 2.05) is 38.3 Å². The molecule has 1 amide bonds. The Morgan fingerprint density at radius 2 is 1.84 bits per heavy atom. The van der Waals surface area contributed by atoms with E-state index in [1.54, 1.807) is 4.90 Å². The molecule has 37 heavy (non-hydrogen) atoms. The van der Waals surface area contributed by atoms with E-state index < -0.39 is 11.2 Å². The standard InChI is InChI=1S/C30H40N4O3/c1-7-26-25(27-31-21(2)19-22(3)34(27)32-26)20-24-12-10-23(11-13-24)9-8-14-30(36)15-17-33(18-16-30)28(35)37-29(4,5)6/h8-13,19,36H,7,14-18,20H2,1-6H3/b9-8+. The molecular weight excluding hydrogens is 464 g/mol. The maximum absolute atomic E-state index is 12.3. The Morgan fingerprint density at radius 3 is 2.46 bits per heavy atom. The molecule has 1 N–H and O–H groups in total. The van der Waals surface area contributed by atoms with E-state index >= 15 is 0 Å². The van der Waals surface area contributed by atoms with Crippen LogP contribution in [-0.2, 0) is 17.6 Å². The average molecular weight is 505 g/mol. The Labute approximate surface area is 220 Å². The number of ether oxygens (including phenoxy) is 1. The average Bonchev–Trinajstić information content (AvgIpc) is 3.17. The fourth-order valence-corrected chi connectivity index (χ4v) is 4.88. The van der Waals surface area contributed by atoms with Crippen LogP contribution in [0.25, 0.3) is 11.7 Å². The topological polar surface area (TPSA) is 80.0 Å². The zero-order valence-corrected chi connectivity index (χ0v) is 23.0. The highest BCUT2D eigenvalue weighted by Gasteiger charge is 2.34. The number of benzene rings is 1. The molecule has 3 heterocycles. The van der Waals surface area contributed by atoms with Gasteiger partial charge in [-0.05, 0) is 77.5 Å². The lowest BCUT2D eigenvalue weighted by Gasteiger charge is -2.38. The number of piperidine rings is 1. The van der Waals surface area contributed by atoms with Crippen LogP contribution in [-0.4, -0.2) is 55.0 Å². The Morgan fingerprint density at radius 1 is 1.16 bits per heavy atom. The summed E-state index contributed by atoms with van der Waals surface area (Å²) in [5, 5.41) is 15.8. The number of likely N-dealkylation sites (tertiary alicyclic amines) is 1. The number of aryl methyl sites for hydroxylation is 3. The second-order valence-electron chi connectivity index (χ2n) is 11.3. The normalized spacial score (nSPS) is 16.0. The smallest absolute Gasteiger partial charge is 0.410 e. The number of amides is 1. The summed E-state index contributed by atoms with van der Waals surface area (Å²) in [6.45, 7) is 12.8. The van der Waals surface area contributed by atoms with Crippen molar-refractivity contribution in [2.24, 2.45) is 0 Å². The van der Waals surface area contributed by atoms with E-state index in [2.05, 4.69) is 50.3 Å². The van der Waals surface area contributed by atoms with Crippen molar-refractivity contribution in [3.63, 3.8) is 0 Å². The maximum Gasteiger partial charge on any atom is 0.410 e. The van der Waals surface area contributed by atoms with Crippen LogP contribution in [0.3, 0.4) is 0 Å². The predicted molar refractivity (Wildman–Crippen MR) is 147 cm³/mol. The molecule has 1 fully saturated rings. The van der Waals surface area contributed by atoms with Gasteiger partial charge in [0.05, 0.1) is 11.3 Å². The summed E-state index contributed by atoms with van der Waals surface area (Å²) in [6, 6.07) is 10.6. The number of hydrogen-bond donors (Lipinski definition) is 1. The van der Waals surface area contributed by atoms with Gasteiger partial charge in [0.25, 0.3) is 0 Å². The number of fused-ring (bicyclic) bond motifs is 1. The van der Waals surface area contributed by atoms with Crippen LogP contribution in [0.4, 0.5) is 4.79 Å². The lowest BCUT2D eigenvalue weighted by Crippen LogP contribution is -2.47. The maximum atomic E-state index is 12.3. The summed E-state index contributed by atoms with van der Waals surface area (Å²) in [5.41, 5.74) is 6.35. The van der Waals surface area contributed by atoms with Gasteiger partial charge in [-0.3, -0.25) is 0 Å². The monoisotopic (exact) mass is 504 g/mol. The Bertz CT molecular complexity index is 1280. The van der Waals surface area contributed by atoms with Crippen molar-refractivity contribution in [2.75, 3.05) is 13.1 Å². The van der Waals surface area contributed by atoms with Crippen molar-refractivity contribution in [3.8, 4) is 0 Å². The van der Waals surface area contributed by atoms with Crippen LogP contribution in [0.1, 0.15) is 80.7 Å². The Balaban J connectivity index is 1.36. The van der Waals surface area contributed by atoms with Gasteiger partial charge in [-0.2, -0.15) is 5.10 Å². The molecule has 1 aliphatic rings. The first-order chi connectivity index (χ1) is 17.5. The first-order valence-electron chi connectivity index (χ1n) is 13.3. The van der Waals surface area contributed by atoms with Gasteiger partial charge >= 0.3 is 6.09 Å². The summed E-state index contributed by atoms with van der Waals surface area (Å²) >= 11 is 0. The number of aromatic nitrogens is 3. The molecule has 0 unspecified atom stereocenters. The molecule has 0 spiro atoms. The molecule has 0 aliphatic carbocycles. The third-order valence-corrected chi connectivity index (χ3v) is 6.92. The zero-order chi connectivity index (χ0) is 26.8. The van der Waals surface area contributed by atoms with E-state index in [0.717, 1.165) is 41.1 Å². The molecule has 0 saturated carbocycles. The van der Waals surface area contributed by atoms with Gasteiger partial charge in [0.2, 0.25) is 0 Å². The predicted octanol–water partition coefficient (Wildman–Crippen LogP) is 5.66. The van der Waals surface area contributed by atoms with Gasteiger partial charge in [0, 0.05) is 36.5 Å². The molecule has 0 bridgehead atoms. The number of carbonyl (C=O) groups excluding carboxylic acids is 1. The molecule has 1 aromatic carbocycles. The van der Waals surface area contributed by atoms with Crippen LogP contribution in [0.15, 0.2) is 36.4 Å². The van der Waals surface area contributed by atoms with E-state index in [4.69, 9.17) is 14.8 Å². The number of aliphatic hydroxyl groups is 1. The quantitative estimate of drug-likeness (QED) is 0.468. The highest BCUT2D eigenvalue weighted by molar-refractivity contribution is 5.68. The highest BCUT2D eigenvalue weighted by Crippen LogP contribution is 2.28. The molecule has 1 saturated heterocycles. The van der Waals surface area contributed by atoms with Gasteiger partial charge in [-0.1, -0.05) is 43.3 Å². The molecule has 2 aromatic heterocycles. The number of carbonyl (C=O) groups is 1. The Hall–Kier alpha value is -3.19. The van der Waals surface area contributed by atoms with Gasteiger partial charge in [-0.25, -0.2) is 14.3 Å². The minimum atomic E-state index is -0.793. The number of nitrogens with zero attached hydrogens (tertiary/aromatic N) is 4. The third kappa shape index (κ3) is 6.58. The van der Waals surface area contributed by atoms with Crippen LogP contribution in [0.5, 0.6) is 0 Å². The third-order valence-electron chi connectivity index (χ3n) is 6.92. The van der Waals surface area contributed by atoms with Crippen LogP contribution in [0.2, 0.25) is 0 Å². The number of hydrogen-bond acceptors (Lipinski definition) is 5. The molecule has 4 rings (SSSR count). The Kier molecular flexibility index (Phi) is 7.74. The van der Waals surface area contributed by atoms with Crippen molar-refractivity contribution >= 4 is 17.8 Å². The fraction of sp³-hybridized carbons (Fsp3) is 0.500. The van der Waals surface area contributed by atoms with E-state index in [0.29, 0.717) is 32.4 Å². The summed E-state index contributed by atoms with van der Waals surface area (Å²) in [7, 11) is 0. The molecule has 198 valence electrons. The van der Waals surface area contributed by atoms with E-state index in [1.165, 1.54) is 11.1 Å². The van der Waals surface area contributed by atoms with Crippen molar-refractivity contribution < 1.29 is 14.6 Å². The van der Waals surface area contributed by atoms with Crippen LogP contribution >= 0.6 is 0 Å². The second-order valence-corrected chi connectivity index (χ2v) is 11.3. The molecule has 1 aliphatic heterocycles. The first kappa shape index (κ1) is 26.9. The molecule has 0 radical (unpaired) electrons. The van der Waals surface area contributed by atoms with Gasteiger partial charge < -0.3 is 14.7 Å². The zero-order valence-electron chi connectivity index (χ0n) is 23.0. The fourth-order valence-electron chi connectivity index (χ4n) is 4.88. The molecule has 3 aromatic rings. The van der Waals surface area contributed by atoms with Crippen LogP contribution in [0, 0.1) is 13.8 Å². The van der Waals surface area contributed by atoms with E-state index in [9.17, 15) is 9.90 Å². The second kappa shape index (κ2) is 10.7. The molecule has 7 heteroatoms. The van der Waals surface area contributed by atoms with Crippen molar-refractivity contribution in [2.45, 2.75) is 84.8 Å². The summed E-state index contributed by atoms with van der Waals surface area (Å²) in [5.74, 6) is 0. The summed E-state index contributed by atoms with van der Waals surface area (Å²) < 4.78 is 7.41. The lowest BCUT2D eigenvalue weighted by molar-refractivity contribution is -0.0300. The highest BCUT2D eigenvalue weighted by atomic mass is 16.6. The van der Waals surface area contributed by atoms with Crippen LogP contribution < -0.4 is 0 Å². The SMILES string of the molecule is CCc1nn2c(C)cc(C)nc2c1Cc1ccc(/C=C/CC2(O)CCN(C(=O)OC(C)(C)C)CC2)cc1. The van der Waals surface area contributed by atoms with Gasteiger partial charge in [0.15, 0.2) is 5.65 Å². The minimum absolute atomic E-state index is 0.304. The van der Waals surface area contributed by atoms with Crippen molar-refractivity contribution in [3.05, 3.63) is 70.2 Å². The lowest BCUT2D eigenvalue weighted by atomic mass is 9.88. The van der Waals surface area contributed by atoms with Gasteiger partial charge in [-0.15, -0.1) is 0 Å². The van der Waals surface area contributed by atoms with Crippen molar-refractivity contribution in [1.82, 2.24) is 19.5 Å².